The van der Waals surface area contributed by atoms with Gasteiger partial charge in [-0.25, -0.2) is 4.79 Å². The highest BCUT2D eigenvalue weighted by atomic mass is 16.4. The van der Waals surface area contributed by atoms with Gasteiger partial charge in [-0.05, 0) is 19.3 Å². The van der Waals surface area contributed by atoms with Crippen LogP contribution in [-0.2, 0) is 4.79 Å². The molecule has 5 nitrogen and oxygen atoms in total. The van der Waals surface area contributed by atoms with Crippen LogP contribution in [0, 0.1) is 11.8 Å². The number of likely N-dealkylation sites (tertiary alicyclic amines) is 1. The molecule has 0 aromatic rings. The van der Waals surface area contributed by atoms with Gasteiger partial charge in [-0.15, -0.1) is 0 Å². The summed E-state index contributed by atoms with van der Waals surface area (Å²) >= 11 is 0. The molecule has 2 unspecified atom stereocenters. The Kier molecular flexibility index (Phi) is 3.94. The SMILES string of the molecule is CCNC(=O)N1CCC(C(=O)O)C(C)C1. The molecule has 15 heavy (non-hydrogen) atoms. The molecule has 0 aromatic heterocycles. The van der Waals surface area contributed by atoms with E-state index >= 15 is 0 Å². The topological polar surface area (TPSA) is 69.6 Å². The molecule has 0 spiro atoms. The van der Waals surface area contributed by atoms with Crippen LogP contribution in [0.15, 0.2) is 0 Å². The molecule has 1 aliphatic heterocycles. The van der Waals surface area contributed by atoms with Crippen molar-refractivity contribution in [3.8, 4) is 0 Å². The highest BCUT2D eigenvalue weighted by Gasteiger charge is 2.32. The largest absolute Gasteiger partial charge is 0.481 e. The van der Waals surface area contributed by atoms with E-state index in [1.165, 1.54) is 0 Å². The first-order valence-electron chi connectivity index (χ1n) is 5.31. The van der Waals surface area contributed by atoms with Gasteiger partial charge in [0.1, 0.15) is 0 Å². The fraction of sp³-hybridized carbons (Fsp3) is 0.800. The van der Waals surface area contributed by atoms with Crippen LogP contribution in [0.4, 0.5) is 4.79 Å². The molecule has 1 heterocycles. The van der Waals surface area contributed by atoms with Gasteiger partial charge in [0.15, 0.2) is 0 Å². The Bertz CT molecular complexity index is 255. The number of rotatable bonds is 2. The molecule has 0 aliphatic carbocycles. The van der Waals surface area contributed by atoms with Gasteiger partial charge >= 0.3 is 12.0 Å². The number of hydrogen-bond donors (Lipinski definition) is 2. The minimum absolute atomic E-state index is 0.0267. The quantitative estimate of drug-likeness (QED) is 0.713. The van der Waals surface area contributed by atoms with Gasteiger partial charge in [0.2, 0.25) is 0 Å². The fourth-order valence-corrected chi connectivity index (χ4v) is 1.96. The zero-order valence-electron chi connectivity index (χ0n) is 9.19. The standard InChI is InChI=1S/C10H18N2O3/c1-3-11-10(15)12-5-4-8(9(13)14)7(2)6-12/h7-8H,3-6H2,1-2H3,(H,11,15)(H,13,14). The summed E-state index contributed by atoms with van der Waals surface area (Å²) in [4.78, 5) is 24.0. The number of carbonyl (C=O) groups is 2. The number of urea groups is 1. The van der Waals surface area contributed by atoms with Crippen LogP contribution in [0.1, 0.15) is 20.3 Å². The van der Waals surface area contributed by atoms with Crippen LogP contribution >= 0.6 is 0 Å². The van der Waals surface area contributed by atoms with Gasteiger partial charge in [-0.1, -0.05) is 6.92 Å². The molecule has 0 saturated carbocycles. The lowest BCUT2D eigenvalue weighted by Gasteiger charge is -2.34. The van der Waals surface area contributed by atoms with E-state index in [4.69, 9.17) is 5.11 Å². The van der Waals surface area contributed by atoms with E-state index in [9.17, 15) is 9.59 Å². The summed E-state index contributed by atoms with van der Waals surface area (Å²) in [6, 6.07) is -0.0896. The van der Waals surface area contributed by atoms with Crippen molar-refractivity contribution in [3.63, 3.8) is 0 Å². The van der Waals surface area contributed by atoms with Crippen LogP contribution in [-0.4, -0.2) is 41.6 Å². The van der Waals surface area contributed by atoms with Gasteiger partial charge in [-0.2, -0.15) is 0 Å². The number of carboxylic acids is 1. The van der Waals surface area contributed by atoms with E-state index in [2.05, 4.69) is 5.32 Å². The molecule has 2 atom stereocenters. The fourth-order valence-electron chi connectivity index (χ4n) is 1.96. The zero-order chi connectivity index (χ0) is 11.4. The number of carboxylic acid groups (broad SMARTS) is 1. The number of nitrogens with one attached hydrogen (secondary N) is 1. The smallest absolute Gasteiger partial charge is 0.317 e. The molecular formula is C10H18N2O3. The lowest BCUT2D eigenvalue weighted by atomic mass is 9.87. The molecule has 2 amide bonds. The van der Waals surface area contributed by atoms with Gasteiger partial charge in [0.25, 0.3) is 0 Å². The van der Waals surface area contributed by atoms with Crippen molar-refractivity contribution in [1.29, 1.82) is 0 Å². The summed E-state index contributed by atoms with van der Waals surface area (Å²) < 4.78 is 0. The van der Waals surface area contributed by atoms with Crippen LogP contribution in [0.3, 0.4) is 0 Å². The second-order valence-corrected chi connectivity index (χ2v) is 3.99. The molecule has 1 fully saturated rings. The van der Waals surface area contributed by atoms with Gasteiger partial charge in [0.05, 0.1) is 5.92 Å². The molecule has 0 radical (unpaired) electrons. The summed E-state index contributed by atoms with van der Waals surface area (Å²) in [5.41, 5.74) is 0. The normalized spacial score (nSPS) is 26.1. The van der Waals surface area contributed by atoms with Crippen molar-refractivity contribution in [2.45, 2.75) is 20.3 Å². The van der Waals surface area contributed by atoms with E-state index in [-0.39, 0.29) is 17.9 Å². The summed E-state index contributed by atoms with van der Waals surface area (Å²) in [5, 5.41) is 11.6. The van der Waals surface area contributed by atoms with Crippen molar-refractivity contribution >= 4 is 12.0 Å². The van der Waals surface area contributed by atoms with E-state index in [0.29, 0.717) is 26.1 Å². The summed E-state index contributed by atoms with van der Waals surface area (Å²) in [5.74, 6) is -1.03. The highest BCUT2D eigenvalue weighted by molar-refractivity contribution is 5.75. The highest BCUT2D eigenvalue weighted by Crippen LogP contribution is 2.23. The maximum Gasteiger partial charge on any atom is 0.317 e. The van der Waals surface area contributed by atoms with Crippen molar-refractivity contribution in [1.82, 2.24) is 10.2 Å². The molecule has 0 bridgehead atoms. The Labute approximate surface area is 89.4 Å². The predicted octanol–water partition coefficient (Wildman–Crippen LogP) is 0.759. The monoisotopic (exact) mass is 214 g/mol. The summed E-state index contributed by atoms with van der Waals surface area (Å²) in [6.45, 7) is 5.41. The third-order valence-corrected chi connectivity index (χ3v) is 2.84. The first kappa shape index (κ1) is 11.8. The average Bonchev–Trinajstić information content (AvgIpc) is 2.17. The molecular weight excluding hydrogens is 196 g/mol. The number of amides is 2. The molecule has 1 saturated heterocycles. The lowest BCUT2D eigenvalue weighted by Crippen LogP contribution is -2.48. The van der Waals surface area contributed by atoms with Gasteiger partial charge in [0, 0.05) is 19.6 Å². The van der Waals surface area contributed by atoms with Gasteiger partial charge in [-0.3, -0.25) is 4.79 Å². The Morgan fingerprint density at radius 3 is 2.67 bits per heavy atom. The van der Waals surface area contributed by atoms with E-state index in [1.807, 2.05) is 13.8 Å². The second kappa shape index (κ2) is 5.00. The predicted molar refractivity (Wildman–Crippen MR) is 55.6 cm³/mol. The second-order valence-electron chi connectivity index (χ2n) is 3.99. The van der Waals surface area contributed by atoms with E-state index < -0.39 is 5.97 Å². The van der Waals surface area contributed by atoms with Crippen LogP contribution in [0.5, 0.6) is 0 Å². The number of nitrogens with zero attached hydrogens (tertiary/aromatic N) is 1. The molecule has 0 aromatic carbocycles. The summed E-state index contributed by atoms with van der Waals surface area (Å²) in [6.07, 6.45) is 0.549. The first-order valence-corrected chi connectivity index (χ1v) is 5.31. The minimum Gasteiger partial charge on any atom is -0.481 e. The first-order chi connectivity index (χ1) is 7.06. The minimum atomic E-state index is -0.752. The Morgan fingerprint density at radius 1 is 1.53 bits per heavy atom. The van der Waals surface area contributed by atoms with Crippen molar-refractivity contribution in [3.05, 3.63) is 0 Å². The van der Waals surface area contributed by atoms with E-state index in [1.54, 1.807) is 4.90 Å². The number of hydrogen-bond acceptors (Lipinski definition) is 2. The summed E-state index contributed by atoms with van der Waals surface area (Å²) in [7, 11) is 0. The van der Waals surface area contributed by atoms with Crippen molar-refractivity contribution in [2.75, 3.05) is 19.6 Å². The Morgan fingerprint density at radius 2 is 2.20 bits per heavy atom. The number of carbonyl (C=O) groups excluding carboxylic acids is 1. The number of piperidine rings is 1. The van der Waals surface area contributed by atoms with Crippen LogP contribution in [0.2, 0.25) is 0 Å². The van der Waals surface area contributed by atoms with Crippen molar-refractivity contribution < 1.29 is 14.7 Å². The molecule has 1 rings (SSSR count). The van der Waals surface area contributed by atoms with Crippen LogP contribution in [0.25, 0.3) is 0 Å². The Balaban J connectivity index is 2.50. The molecule has 5 heteroatoms. The zero-order valence-corrected chi connectivity index (χ0v) is 9.19. The maximum atomic E-state index is 11.5. The lowest BCUT2D eigenvalue weighted by molar-refractivity contribution is -0.145. The molecule has 1 aliphatic rings. The maximum absolute atomic E-state index is 11.5. The van der Waals surface area contributed by atoms with Crippen molar-refractivity contribution in [2.24, 2.45) is 11.8 Å². The third-order valence-electron chi connectivity index (χ3n) is 2.84. The van der Waals surface area contributed by atoms with Gasteiger partial charge < -0.3 is 15.3 Å². The Hall–Kier alpha value is -1.26. The molecule has 86 valence electrons. The van der Waals surface area contributed by atoms with Crippen LogP contribution < -0.4 is 5.32 Å². The number of aliphatic carboxylic acids is 1. The molecule has 2 N–H and O–H groups in total. The van der Waals surface area contributed by atoms with E-state index in [0.717, 1.165) is 0 Å². The average molecular weight is 214 g/mol. The third kappa shape index (κ3) is 2.84.